The topological polar surface area (TPSA) is 231 Å². The van der Waals surface area contributed by atoms with E-state index in [1.54, 1.807) is 97.0 Å². The minimum absolute atomic E-state index is 0.0364. The molecule has 1 amide bonds. The minimum atomic E-state index is -2.45. The number of benzene rings is 2. The predicted octanol–water partition coefficient (Wildman–Crippen LogP) is 4.29. The van der Waals surface area contributed by atoms with Crippen LogP contribution in [0.25, 0.3) is 0 Å². The summed E-state index contributed by atoms with van der Waals surface area (Å²) in [4.78, 5) is 86.4. The summed E-state index contributed by atoms with van der Waals surface area (Å²) in [6.07, 6.45) is -13.5. The van der Waals surface area contributed by atoms with Crippen molar-refractivity contribution in [1.29, 1.82) is 0 Å². The van der Waals surface area contributed by atoms with Crippen LogP contribution in [0.15, 0.2) is 71.8 Å². The molecule has 17 nitrogen and oxygen atoms in total. The lowest BCUT2D eigenvalue weighted by atomic mass is 9.44. The predicted molar refractivity (Wildman–Crippen MR) is 226 cm³/mol. The zero-order valence-electron chi connectivity index (χ0n) is 38.5. The average molecular weight is 906 g/mol. The van der Waals surface area contributed by atoms with Crippen LogP contribution in [-0.4, -0.2) is 128 Å². The number of hydrogen-bond donors (Lipinski definition) is 3. The molecule has 352 valence electrons. The minimum Gasteiger partial charge on any atom is -0.456 e. The first-order chi connectivity index (χ1) is 30.1. The molecule has 0 spiro atoms. The van der Waals surface area contributed by atoms with Gasteiger partial charge in [0.05, 0.1) is 29.6 Å². The molecule has 3 aliphatic carbocycles. The number of nitrogens with zero attached hydrogens (tertiary/aromatic N) is 1. The quantitative estimate of drug-likeness (QED) is 0.200. The number of rotatable bonds is 7. The van der Waals surface area contributed by atoms with Gasteiger partial charge >= 0.3 is 30.0 Å². The monoisotopic (exact) mass is 905 g/mol. The van der Waals surface area contributed by atoms with Gasteiger partial charge in [-0.2, -0.15) is 0 Å². The smallest absolute Gasteiger partial charge is 0.413 e. The number of fused-ring (bicyclic) bond motifs is 5. The highest BCUT2D eigenvalue weighted by molar-refractivity contribution is 5.96. The lowest BCUT2D eigenvalue weighted by Gasteiger charge is -2.68. The van der Waals surface area contributed by atoms with Crippen molar-refractivity contribution in [2.24, 2.45) is 16.7 Å². The highest BCUT2D eigenvalue weighted by Crippen LogP contribution is 2.64. The van der Waals surface area contributed by atoms with E-state index in [1.807, 2.05) is 0 Å². The van der Waals surface area contributed by atoms with E-state index in [-0.39, 0.29) is 16.7 Å². The molecule has 2 aliphatic heterocycles. The van der Waals surface area contributed by atoms with E-state index in [0.717, 1.165) is 13.8 Å². The maximum Gasteiger partial charge on any atom is 0.413 e. The molecule has 2 bridgehead atoms. The number of ether oxygens (including phenoxy) is 7. The van der Waals surface area contributed by atoms with Gasteiger partial charge in [0.15, 0.2) is 23.6 Å². The van der Waals surface area contributed by atoms with E-state index >= 15 is 4.79 Å². The molecule has 3 N–H and O–H groups in total. The number of carbonyl (C=O) groups is 6. The van der Waals surface area contributed by atoms with Crippen molar-refractivity contribution in [3.8, 4) is 0 Å². The largest absolute Gasteiger partial charge is 0.456 e. The first-order valence-corrected chi connectivity index (χ1v) is 21.7. The number of carbonyl (C=O) groups excluding carboxylic acids is 6. The molecule has 17 heteroatoms. The number of aliphatic hydroxyl groups excluding tert-OH is 2. The van der Waals surface area contributed by atoms with Crippen molar-refractivity contribution < 1.29 is 77.2 Å². The molecular weight excluding hydrogens is 847 g/mol. The van der Waals surface area contributed by atoms with Gasteiger partial charge in [-0.1, -0.05) is 62.4 Å². The fourth-order valence-electron chi connectivity index (χ4n) is 11.0. The number of amides is 1. The zero-order chi connectivity index (χ0) is 48.0. The molecule has 7 rings (SSSR count). The van der Waals surface area contributed by atoms with Crippen molar-refractivity contribution in [1.82, 2.24) is 4.90 Å². The van der Waals surface area contributed by atoms with E-state index in [9.17, 15) is 39.3 Å². The number of aliphatic hydroxyl groups is 3. The highest BCUT2D eigenvalue weighted by atomic mass is 16.6. The van der Waals surface area contributed by atoms with E-state index in [4.69, 9.17) is 33.2 Å². The Morgan fingerprint density at radius 2 is 1.45 bits per heavy atom. The Hall–Kier alpha value is -5.20. The van der Waals surface area contributed by atoms with Crippen LogP contribution in [0.5, 0.6) is 0 Å². The maximum absolute atomic E-state index is 15.6. The fourth-order valence-corrected chi connectivity index (χ4v) is 11.0. The second-order valence-corrected chi connectivity index (χ2v) is 20.0. The van der Waals surface area contributed by atoms with Gasteiger partial charge in [0.1, 0.15) is 47.4 Å². The first kappa shape index (κ1) is 47.8. The number of Topliss-reactive ketones (excluding diaryl/α,β-unsaturated/α-hetero) is 1. The zero-order valence-corrected chi connectivity index (χ0v) is 38.5. The summed E-state index contributed by atoms with van der Waals surface area (Å²) in [5, 5.41) is 37.6. The van der Waals surface area contributed by atoms with Crippen molar-refractivity contribution >= 4 is 35.8 Å². The summed E-state index contributed by atoms with van der Waals surface area (Å²) >= 11 is 0. The molecule has 2 heterocycles. The molecule has 0 unspecified atom stereocenters. The van der Waals surface area contributed by atoms with Crippen LogP contribution in [0, 0.1) is 16.7 Å². The lowest BCUT2D eigenvalue weighted by molar-refractivity contribution is -0.369. The summed E-state index contributed by atoms with van der Waals surface area (Å²) in [6.45, 7) is 15.9. The molecule has 0 aromatic heterocycles. The van der Waals surface area contributed by atoms with Crippen LogP contribution < -0.4 is 0 Å². The number of esters is 4. The van der Waals surface area contributed by atoms with Crippen molar-refractivity contribution in [2.75, 3.05) is 6.61 Å². The van der Waals surface area contributed by atoms with Gasteiger partial charge in [-0.25, -0.2) is 14.4 Å². The molecule has 65 heavy (non-hydrogen) atoms. The highest BCUT2D eigenvalue weighted by Gasteiger charge is 2.80. The third-order valence-corrected chi connectivity index (χ3v) is 14.0. The van der Waals surface area contributed by atoms with Gasteiger partial charge in [0.2, 0.25) is 0 Å². The summed E-state index contributed by atoms with van der Waals surface area (Å²) in [5.74, 6) is -6.48. The summed E-state index contributed by atoms with van der Waals surface area (Å²) < 4.78 is 42.6. The summed E-state index contributed by atoms with van der Waals surface area (Å²) in [7, 11) is 0. The number of ketones is 1. The molecule has 2 aromatic rings. The number of hydrogen-bond acceptors (Lipinski definition) is 16. The Bertz CT molecular complexity index is 2290. The molecule has 0 radical (unpaired) electrons. The van der Waals surface area contributed by atoms with Gasteiger partial charge in [0, 0.05) is 25.7 Å². The molecule has 4 fully saturated rings. The van der Waals surface area contributed by atoms with E-state index in [0.29, 0.717) is 5.56 Å². The van der Waals surface area contributed by atoms with Gasteiger partial charge in [-0.05, 0) is 77.3 Å². The standard InChI is InChI=1S/C48H59NO16/c1-24-29(61-41(56)34-31(27-18-14-12-15-19-27)49(45(9,10)64-34)42(57)65-43(4,5)6)22-48(58)39(62-40(55)28-20-16-13-17-21-28)35-46(11,37(54)33(60-25(2)50)30(24)44(48,7)8)36(53)32(52)38-47(35,23-59-38)63-26(3)51/h12-21,29,31-36,38-39,52-53,58H,22-23H2,1-11H3/t29-,31+,32-,33+,34+,35-,36-,38+,39-,46-,47+,48+/m0/s1. The average Bonchev–Trinajstić information content (AvgIpc) is 3.50. The molecule has 5 aliphatic rings. The molecule has 12 atom stereocenters. The van der Waals surface area contributed by atoms with Crippen LogP contribution in [0.2, 0.25) is 0 Å². The van der Waals surface area contributed by atoms with E-state index in [1.165, 1.54) is 30.9 Å². The van der Waals surface area contributed by atoms with Gasteiger partial charge in [-0.3, -0.25) is 19.3 Å². The van der Waals surface area contributed by atoms with Gasteiger partial charge in [-0.15, -0.1) is 0 Å². The van der Waals surface area contributed by atoms with Crippen molar-refractivity contribution in [3.63, 3.8) is 0 Å². The van der Waals surface area contributed by atoms with Crippen LogP contribution in [0.3, 0.4) is 0 Å². The Morgan fingerprint density at radius 3 is 1.98 bits per heavy atom. The lowest BCUT2D eigenvalue weighted by Crippen LogP contribution is -2.85. The third-order valence-electron chi connectivity index (χ3n) is 14.0. The van der Waals surface area contributed by atoms with Crippen LogP contribution >= 0.6 is 0 Å². The fraction of sp³-hybridized carbons (Fsp3) is 0.583. The van der Waals surface area contributed by atoms with E-state index < -0.39 is 137 Å². The van der Waals surface area contributed by atoms with Crippen LogP contribution in [0.4, 0.5) is 4.79 Å². The van der Waals surface area contributed by atoms with E-state index in [2.05, 4.69) is 0 Å². The summed E-state index contributed by atoms with van der Waals surface area (Å²) in [5.41, 5.74) is -10.2. The van der Waals surface area contributed by atoms with Crippen LogP contribution in [0.1, 0.15) is 105 Å². The van der Waals surface area contributed by atoms with Gasteiger partial charge in [0.25, 0.3) is 0 Å². The molecule has 2 saturated heterocycles. The van der Waals surface area contributed by atoms with Crippen molar-refractivity contribution in [2.45, 2.75) is 154 Å². The first-order valence-electron chi connectivity index (χ1n) is 21.7. The Labute approximate surface area is 377 Å². The Kier molecular flexibility index (Phi) is 12.0. The normalized spacial score (nSPS) is 35.8. The second kappa shape index (κ2) is 16.3. The van der Waals surface area contributed by atoms with Gasteiger partial charge < -0.3 is 48.5 Å². The maximum atomic E-state index is 15.6. The second-order valence-electron chi connectivity index (χ2n) is 20.0. The molecule has 2 saturated carbocycles. The summed E-state index contributed by atoms with van der Waals surface area (Å²) in [6, 6.07) is 15.3. The Morgan fingerprint density at radius 1 is 0.846 bits per heavy atom. The van der Waals surface area contributed by atoms with Crippen LogP contribution in [-0.2, 0) is 52.3 Å². The third kappa shape index (κ3) is 7.62. The molecular formula is C48H59NO16. The van der Waals surface area contributed by atoms with Crippen molar-refractivity contribution in [3.05, 3.63) is 82.9 Å². The SMILES string of the molecule is CC(=O)O[C@H]1C(=O)[C@@]2(C)[C@H]([C@H](OC(=O)c3ccccc3)[C@]3(O)C[C@H](OC(=O)[C@@H]4OC(C)(C)N(C(=O)OC(C)(C)C)[C@@H]4c4ccccc4)C(C)=C1C3(C)C)[C@]1(OC(C)=O)CO[C@@H]1[C@@H](O)[C@@H]2O. The molecule has 2 aromatic carbocycles. The Balaban J connectivity index is 1.43.